The largest absolute Gasteiger partial charge is 0.345 e. The summed E-state index contributed by atoms with van der Waals surface area (Å²) in [6.45, 7) is 5.63. The fraction of sp³-hybridized carbons (Fsp3) is 0.643. The van der Waals surface area contributed by atoms with Crippen LogP contribution < -0.4 is 5.32 Å². The van der Waals surface area contributed by atoms with Gasteiger partial charge < -0.3 is 19.7 Å². The number of ether oxygens (including phenoxy) is 2. The topological polar surface area (TPSA) is 80.7 Å². The Morgan fingerprint density at radius 2 is 2.10 bits per heavy atom. The van der Waals surface area contributed by atoms with Crippen molar-refractivity contribution in [2.24, 2.45) is 0 Å². The fourth-order valence-corrected chi connectivity index (χ4v) is 3.42. The van der Waals surface area contributed by atoms with Crippen molar-refractivity contribution in [2.45, 2.75) is 32.8 Å². The van der Waals surface area contributed by atoms with Gasteiger partial charge in [-0.15, -0.1) is 0 Å². The van der Waals surface area contributed by atoms with E-state index >= 15 is 0 Å². The maximum absolute atomic E-state index is 12.2. The highest BCUT2D eigenvalue weighted by atomic mass is 31.2. The first-order valence-corrected chi connectivity index (χ1v) is 9.16. The zero-order chi connectivity index (χ0) is 15.6. The fourth-order valence-electron chi connectivity index (χ4n) is 1.84. The molecule has 0 spiro atoms. The predicted octanol–water partition coefficient (Wildman–Crippen LogP) is 2.19. The van der Waals surface area contributed by atoms with E-state index < -0.39 is 13.4 Å². The molecule has 1 aromatic heterocycles. The van der Waals surface area contributed by atoms with E-state index in [1.165, 1.54) is 0 Å². The van der Waals surface area contributed by atoms with Gasteiger partial charge >= 0.3 is 0 Å². The average Bonchev–Trinajstić information content (AvgIpc) is 2.47. The van der Waals surface area contributed by atoms with E-state index in [4.69, 9.17) is 9.47 Å². The summed E-state index contributed by atoms with van der Waals surface area (Å²) < 4.78 is 22.6. The molecule has 0 aliphatic rings. The van der Waals surface area contributed by atoms with E-state index in [0.29, 0.717) is 32.7 Å². The van der Waals surface area contributed by atoms with E-state index in [-0.39, 0.29) is 6.16 Å². The van der Waals surface area contributed by atoms with Crippen molar-refractivity contribution in [1.29, 1.82) is 0 Å². The van der Waals surface area contributed by atoms with Gasteiger partial charge in [0, 0.05) is 38.3 Å². The third kappa shape index (κ3) is 7.16. The summed E-state index contributed by atoms with van der Waals surface area (Å²) in [5.41, 5.74) is 1.09. The van der Waals surface area contributed by atoms with Crippen LogP contribution in [0.1, 0.15) is 25.8 Å². The second kappa shape index (κ2) is 10.0. The summed E-state index contributed by atoms with van der Waals surface area (Å²) >= 11 is 0. The Labute approximate surface area is 126 Å². The molecule has 0 saturated carbocycles. The molecular weight excluding hydrogens is 291 g/mol. The number of hydrogen-bond acceptors (Lipinski definition) is 5. The van der Waals surface area contributed by atoms with Crippen LogP contribution in [0.2, 0.25) is 0 Å². The Morgan fingerprint density at radius 1 is 1.38 bits per heavy atom. The van der Waals surface area contributed by atoms with Crippen LogP contribution >= 0.6 is 7.37 Å². The van der Waals surface area contributed by atoms with Crippen molar-refractivity contribution in [1.82, 2.24) is 10.3 Å². The van der Waals surface area contributed by atoms with Crippen LogP contribution in [0.15, 0.2) is 24.5 Å². The van der Waals surface area contributed by atoms with Crippen molar-refractivity contribution in [3.05, 3.63) is 30.1 Å². The number of rotatable bonds is 11. The van der Waals surface area contributed by atoms with Gasteiger partial charge in [0.25, 0.3) is 7.37 Å². The van der Waals surface area contributed by atoms with Gasteiger partial charge in [0.15, 0.2) is 0 Å². The lowest BCUT2D eigenvalue weighted by Gasteiger charge is -2.22. The molecular formula is C14H25N2O4P. The number of nitrogens with zero attached hydrogens (tertiary/aromatic N) is 1. The molecule has 6 nitrogen and oxygen atoms in total. The maximum atomic E-state index is 12.2. The zero-order valence-electron chi connectivity index (χ0n) is 12.7. The quantitative estimate of drug-likeness (QED) is 0.370. The highest BCUT2D eigenvalue weighted by molar-refractivity contribution is 7.58. The molecule has 0 aliphatic heterocycles. The van der Waals surface area contributed by atoms with Gasteiger partial charge in [-0.2, -0.15) is 0 Å². The summed E-state index contributed by atoms with van der Waals surface area (Å²) in [5, 5.41) is 3.22. The SMILES string of the molecule is CCOC(OCC)P(=O)(O)CCCNCc1cccnc1. The number of pyridine rings is 1. The molecule has 0 radical (unpaired) electrons. The Bertz CT molecular complexity index is 424. The number of hydrogen-bond donors (Lipinski definition) is 2. The predicted molar refractivity (Wildman–Crippen MR) is 82.3 cm³/mol. The van der Waals surface area contributed by atoms with Crippen molar-refractivity contribution >= 4 is 7.37 Å². The smallest absolute Gasteiger partial charge is 0.255 e. The molecule has 0 amide bonds. The second-order valence-corrected chi connectivity index (χ2v) is 6.97. The van der Waals surface area contributed by atoms with E-state index in [0.717, 1.165) is 5.56 Å². The molecule has 2 N–H and O–H groups in total. The summed E-state index contributed by atoms with van der Waals surface area (Å²) in [5.74, 6) is 0. The lowest BCUT2D eigenvalue weighted by Crippen LogP contribution is -2.21. The van der Waals surface area contributed by atoms with E-state index in [1.807, 2.05) is 12.1 Å². The Kier molecular flexibility index (Phi) is 8.73. The first kappa shape index (κ1) is 18.3. The summed E-state index contributed by atoms with van der Waals surface area (Å²) in [6, 6.07) is 2.86. The molecule has 7 heteroatoms. The summed E-state index contributed by atoms with van der Waals surface area (Å²) in [7, 11) is -3.44. The molecule has 0 saturated heterocycles. The van der Waals surface area contributed by atoms with Crippen LogP contribution in [0.3, 0.4) is 0 Å². The monoisotopic (exact) mass is 316 g/mol. The van der Waals surface area contributed by atoms with E-state index in [2.05, 4.69) is 10.3 Å². The Morgan fingerprint density at radius 3 is 2.67 bits per heavy atom. The first-order valence-electron chi connectivity index (χ1n) is 7.24. The van der Waals surface area contributed by atoms with Gasteiger partial charge in [-0.1, -0.05) is 6.07 Å². The average molecular weight is 316 g/mol. The first-order chi connectivity index (χ1) is 10.1. The lowest BCUT2D eigenvalue weighted by molar-refractivity contribution is -0.0871. The van der Waals surface area contributed by atoms with Crippen molar-refractivity contribution in [3.8, 4) is 0 Å². The van der Waals surface area contributed by atoms with Crippen LogP contribution in [0, 0.1) is 0 Å². The van der Waals surface area contributed by atoms with Crippen LogP contribution in [0.4, 0.5) is 0 Å². The summed E-state index contributed by atoms with van der Waals surface area (Å²) in [6.07, 6.45) is 4.29. The zero-order valence-corrected chi connectivity index (χ0v) is 13.6. The third-order valence-corrected chi connectivity index (χ3v) is 4.75. The molecule has 0 bridgehead atoms. The minimum Gasteiger partial charge on any atom is -0.345 e. The Balaban J connectivity index is 2.27. The normalized spacial score (nSPS) is 14.3. The minimum absolute atomic E-state index is 0.178. The molecule has 1 unspecified atom stereocenters. The standard InChI is InChI=1S/C14H25N2O4P/c1-3-19-14(20-4-2)21(17,18)10-6-9-16-12-13-7-5-8-15-11-13/h5,7-8,11,14,16H,3-4,6,9-10,12H2,1-2H3,(H,17,18). The van der Waals surface area contributed by atoms with Gasteiger partial charge in [-0.25, -0.2) is 0 Å². The highest BCUT2D eigenvalue weighted by Gasteiger charge is 2.31. The Hall–Kier alpha value is -0.780. The van der Waals surface area contributed by atoms with Gasteiger partial charge in [-0.3, -0.25) is 9.55 Å². The van der Waals surface area contributed by atoms with Gasteiger partial charge in [0.05, 0.1) is 0 Å². The van der Waals surface area contributed by atoms with Gasteiger partial charge in [0.1, 0.15) is 0 Å². The third-order valence-electron chi connectivity index (χ3n) is 2.83. The molecule has 21 heavy (non-hydrogen) atoms. The van der Waals surface area contributed by atoms with Gasteiger partial charge in [0.2, 0.25) is 6.03 Å². The molecule has 1 aromatic rings. The minimum atomic E-state index is -3.44. The van der Waals surface area contributed by atoms with Crippen molar-refractivity contribution in [3.63, 3.8) is 0 Å². The number of nitrogens with one attached hydrogen (secondary N) is 1. The maximum Gasteiger partial charge on any atom is 0.255 e. The van der Waals surface area contributed by atoms with E-state index in [9.17, 15) is 9.46 Å². The van der Waals surface area contributed by atoms with Gasteiger partial charge in [-0.05, 0) is 38.4 Å². The van der Waals surface area contributed by atoms with Crippen molar-refractivity contribution in [2.75, 3.05) is 25.9 Å². The molecule has 120 valence electrons. The van der Waals surface area contributed by atoms with Crippen LogP contribution in [-0.4, -0.2) is 41.8 Å². The number of aromatic nitrogens is 1. The van der Waals surface area contributed by atoms with Crippen LogP contribution in [0.25, 0.3) is 0 Å². The molecule has 0 aliphatic carbocycles. The highest BCUT2D eigenvalue weighted by Crippen LogP contribution is 2.47. The molecule has 0 fully saturated rings. The lowest BCUT2D eigenvalue weighted by atomic mass is 10.3. The van der Waals surface area contributed by atoms with Crippen LogP contribution in [-0.2, 0) is 20.6 Å². The molecule has 1 heterocycles. The molecule has 0 aromatic carbocycles. The summed E-state index contributed by atoms with van der Waals surface area (Å²) in [4.78, 5) is 14.0. The molecule has 1 rings (SSSR count). The van der Waals surface area contributed by atoms with E-state index in [1.54, 1.807) is 26.2 Å². The van der Waals surface area contributed by atoms with Crippen LogP contribution in [0.5, 0.6) is 0 Å². The second-order valence-electron chi connectivity index (χ2n) is 4.59. The molecule has 1 atom stereocenters. The van der Waals surface area contributed by atoms with Crippen molar-refractivity contribution < 1.29 is 18.9 Å².